The van der Waals surface area contributed by atoms with Crippen molar-refractivity contribution in [3.8, 4) is 0 Å². The Balaban J connectivity index is 2.26. The van der Waals surface area contributed by atoms with E-state index in [-0.39, 0.29) is 6.61 Å². The van der Waals surface area contributed by atoms with Gasteiger partial charge in [0, 0.05) is 18.7 Å². The molecule has 4 heteroatoms. The largest absolute Gasteiger partial charge is 0.390 e. The van der Waals surface area contributed by atoms with Crippen LogP contribution in [0, 0.1) is 13.3 Å². The lowest BCUT2D eigenvalue weighted by atomic mass is 10.1. The summed E-state index contributed by atoms with van der Waals surface area (Å²) in [5.41, 5.74) is 1.67. The van der Waals surface area contributed by atoms with Crippen LogP contribution in [0.15, 0.2) is 0 Å². The highest BCUT2D eigenvalue weighted by molar-refractivity contribution is 5.47. The van der Waals surface area contributed by atoms with E-state index in [9.17, 15) is 0 Å². The van der Waals surface area contributed by atoms with E-state index in [0.717, 1.165) is 24.5 Å². The van der Waals surface area contributed by atoms with E-state index < -0.39 is 0 Å². The summed E-state index contributed by atoms with van der Waals surface area (Å²) >= 11 is 0. The molecule has 1 aromatic rings. The molecule has 1 aliphatic heterocycles. The van der Waals surface area contributed by atoms with Crippen molar-refractivity contribution in [3.05, 3.63) is 17.6 Å². The Morgan fingerprint density at radius 2 is 2.00 bits per heavy atom. The zero-order valence-electron chi connectivity index (χ0n) is 9.03. The molecule has 0 spiro atoms. The molecule has 1 N–H and O–H groups in total. The van der Waals surface area contributed by atoms with E-state index in [1.54, 1.807) is 0 Å². The van der Waals surface area contributed by atoms with Gasteiger partial charge in [0.15, 0.2) is 6.33 Å². The summed E-state index contributed by atoms with van der Waals surface area (Å²) in [6.07, 6.45) is 6.36. The molecule has 2 heterocycles. The number of hydrogen-bond acceptors (Lipinski definition) is 4. The molecule has 15 heavy (non-hydrogen) atoms. The molecule has 2 rings (SSSR count). The first-order valence-corrected chi connectivity index (χ1v) is 5.42. The lowest BCUT2D eigenvalue weighted by Gasteiger charge is -2.29. The fraction of sp³-hybridized carbons (Fsp3) is 0.636. The number of aliphatic hydroxyl groups excluding tert-OH is 1. The van der Waals surface area contributed by atoms with E-state index >= 15 is 0 Å². The van der Waals surface area contributed by atoms with Crippen molar-refractivity contribution < 1.29 is 5.11 Å². The normalized spacial score (nSPS) is 16.8. The van der Waals surface area contributed by atoms with Crippen LogP contribution in [0.2, 0.25) is 0 Å². The van der Waals surface area contributed by atoms with Gasteiger partial charge in [-0.1, -0.05) is 0 Å². The molecule has 0 aromatic carbocycles. The minimum absolute atomic E-state index is 0.0360. The van der Waals surface area contributed by atoms with Gasteiger partial charge in [0.2, 0.25) is 0 Å². The third-order valence-electron chi connectivity index (χ3n) is 2.91. The average Bonchev–Trinajstić information content (AvgIpc) is 2.30. The van der Waals surface area contributed by atoms with E-state index in [1.165, 1.54) is 19.3 Å². The Hall–Kier alpha value is -1.16. The second-order valence-corrected chi connectivity index (χ2v) is 3.92. The Bertz CT molecular complexity index is 335. The predicted octanol–water partition coefficient (Wildman–Crippen LogP) is 1.07. The summed E-state index contributed by atoms with van der Waals surface area (Å²) < 4.78 is 0. The van der Waals surface area contributed by atoms with Crippen LogP contribution in [0.3, 0.4) is 0 Å². The zero-order chi connectivity index (χ0) is 10.7. The monoisotopic (exact) mass is 206 g/mol. The third kappa shape index (κ3) is 2.09. The van der Waals surface area contributed by atoms with Gasteiger partial charge in [-0.15, -0.1) is 0 Å². The maximum absolute atomic E-state index is 9.11. The van der Waals surface area contributed by atoms with Crippen molar-refractivity contribution in [1.82, 2.24) is 9.97 Å². The summed E-state index contributed by atoms with van der Waals surface area (Å²) in [5.74, 6) is 0.939. The van der Waals surface area contributed by atoms with Crippen molar-refractivity contribution in [3.63, 3.8) is 0 Å². The fourth-order valence-corrected chi connectivity index (χ4v) is 2.00. The van der Waals surface area contributed by atoms with E-state index in [2.05, 4.69) is 21.2 Å². The maximum atomic E-state index is 9.11. The molecular weight excluding hydrogens is 190 g/mol. The number of rotatable bonds is 2. The molecule has 1 aromatic heterocycles. The first kappa shape index (κ1) is 10.4. The fourth-order valence-electron chi connectivity index (χ4n) is 2.00. The standard InChI is InChI=1S/C11H16N3O/c1-9-10(7-15)12-8-13-11(9)14-5-3-2-4-6-14/h15H,2-7H2,1H3. The minimum atomic E-state index is -0.0360. The molecule has 1 saturated heterocycles. The van der Waals surface area contributed by atoms with Gasteiger partial charge in [0.25, 0.3) is 0 Å². The van der Waals surface area contributed by atoms with Gasteiger partial charge in [-0.25, -0.2) is 9.97 Å². The summed E-state index contributed by atoms with van der Waals surface area (Å²) in [4.78, 5) is 10.4. The van der Waals surface area contributed by atoms with Gasteiger partial charge < -0.3 is 10.0 Å². The van der Waals surface area contributed by atoms with Crippen molar-refractivity contribution in [2.45, 2.75) is 32.8 Å². The molecule has 0 unspecified atom stereocenters. The summed E-state index contributed by atoms with van der Waals surface area (Å²) in [6.45, 7) is 4.03. The Morgan fingerprint density at radius 1 is 1.27 bits per heavy atom. The summed E-state index contributed by atoms with van der Waals surface area (Å²) in [6, 6.07) is 0. The van der Waals surface area contributed by atoms with Crippen LogP contribution in [0.25, 0.3) is 0 Å². The lowest BCUT2D eigenvalue weighted by Crippen LogP contribution is -2.31. The van der Waals surface area contributed by atoms with Crippen molar-refractivity contribution in [2.75, 3.05) is 18.0 Å². The maximum Gasteiger partial charge on any atom is 0.200 e. The number of piperidine rings is 1. The van der Waals surface area contributed by atoms with Gasteiger partial charge in [-0.2, -0.15) is 0 Å². The SMILES string of the molecule is Cc1c(CO)n[c]nc1N1CCCCC1. The first-order chi connectivity index (χ1) is 7.33. The topological polar surface area (TPSA) is 49.3 Å². The quantitative estimate of drug-likeness (QED) is 0.786. The predicted molar refractivity (Wildman–Crippen MR) is 57.6 cm³/mol. The van der Waals surface area contributed by atoms with Gasteiger partial charge >= 0.3 is 0 Å². The molecule has 1 fully saturated rings. The molecular formula is C11H16N3O. The summed E-state index contributed by atoms with van der Waals surface area (Å²) in [7, 11) is 0. The number of anilines is 1. The summed E-state index contributed by atoms with van der Waals surface area (Å²) in [5, 5.41) is 9.11. The molecule has 0 amide bonds. The molecule has 1 radical (unpaired) electrons. The highest BCUT2D eigenvalue weighted by Crippen LogP contribution is 2.22. The van der Waals surface area contributed by atoms with Gasteiger partial charge in [0.1, 0.15) is 5.82 Å². The number of aliphatic hydroxyl groups is 1. The highest BCUT2D eigenvalue weighted by atomic mass is 16.3. The smallest absolute Gasteiger partial charge is 0.200 e. The Morgan fingerprint density at radius 3 is 2.67 bits per heavy atom. The minimum Gasteiger partial charge on any atom is -0.390 e. The van der Waals surface area contributed by atoms with Crippen LogP contribution in [0.4, 0.5) is 5.82 Å². The molecule has 0 bridgehead atoms. The van der Waals surface area contributed by atoms with Crippen LogP contribution >= 0.6 is 0 Å². The van der Waals surface area contributed by atoms with Gasteiger partial charge in [0.05, 0.1) is 12.3 Å². The molecule has 0 aliphatic carbocycles. The van der Waals surface area contributed by atoms with Gasteiger partial charge in [-0.05, 0) is 26.2 Å². The number of aromatic nitrogens is 2. The second-order valence-electron chi connectivity index (χ2n) is 3.92. The Kier molecular flexibility index (Phi) is 3.16. The van der Waals surface area contributed by atoms with E-state index in [1.807, 2.05) is 6.92 Å². The first-order valence-electron chi connectivity index (χ1n) is 5.42. The van der Waals surface area contributed by atoms with Crippen LogP contribution in [-0.4, -0.2) is 28.2 Å². The number of hydrogen-bond donors (Lipinski definition) is 1. The van der Waals surface area contributed by atoms with Crippen LogP contribution in [0.5, 0.6) is 0 Å². The molecule has 0 atom stereocenters. The highest BCUT2D eigenvalue weighted by Gasteiger charge is 2.16. The average molecular weight is 206 g/mol. The van der Waals surface area contributed by atoms with Crippen molar-refractivity contribution in [1.29, 1.82) is 0 Å². The molecule has 81 valence electrons. The van der Waals surface area contributed by atoms with E-state index in [4.69, 9.17) is 5.11 Å². The number of nitrogens with zero attached hydrogens (tertiary/aromatic N) is 3. The molecule has 4 nitrogen and oxygen atoms in total. The van der Waals surface area contributed by atoms with Crippen molar-refractivity contribution >= 4 is 5.82 Å². The van der Waals surface area contributed by atoms with Crippen LogP contribution in [0.1, 0.15) is 30.5 Å². The van der Waals surface area contributed by atoms with Crippen LogP contribution < -0.4 is 4.90 Å². The molecule has 1 aliphatic rings. The lowest BCUT2D eigenvalue weighted by molar-refractivity contribution is 0.275. The van der Waals surface area contributed by atoms with Crippen LogP contribution in [-0.2, 0) is 6.61 Å². The second kappa shape index (κ2) is 4.57. The zero-order valence-corrected chi connectivity index (χ0v) is 9.03. The molecule has 0 saturated carbocycles. The Labute approximate surface area is 90.0 Å². The third-order valence-corrected chi connectivity index (χ3v) is 2.91. The van der Waals surface area contributed by atoms with E-state index in [0.29, 0.717) is 5.69 Å². The van der Waals surface area contributed by atoms with Gasteiger partial charge in [-0.3, -0.25) is 0 Å². The van der Waals surface area contributed by atoms with Crippen molar-refractivity contribution in [2.24, 2.45) is 0 Å².